The van der Waals surface area contributed by atoms with Crippen LogP contribution >= 0.6 is 0 Å². The lowest BCUT2D eigenvalue weighted by atomic mass is 9.96. The van der Waals surface area contributed by atoms with Gasteiger partial charge in [-0.25, -0.2) is 0 Å². The van der Waals surface area contributed by atoms with Crippen LogP contribution < -0.4 is 5.73 Å². The molecule has 2 unspecified atom stereocenters. The molecule has 2 aliphatic rings. The van der Waals surface area contributed by atoms with Crippen LogP contribution in [0.25, 0.3) is 0 Å². The van der Waals surface area contributed by atoms with E-state index in [0.717, 1.165) is 0 Å². The van der Waals surface area contributed by atoms with E-state index >= 15 is 0 Å². The Morgan fingerprint density at radius 2 is 2.10 bits per heavy atom. The maximum atomic E-state index is 11.2. The highest BCUT2D eigenvalue weighted by molar-refractivity contribution is 5.82. The maximum absolute atomic E-state index is 11.2. The number of methoxy groups -OCH3 is 1. The Bertz CT molecular complexity index is 346. The lowest BCUT2D eigenvalue weighted by molar-refractivity contribution is -0.141. The van der Waals surface area contributed by atoms with Crippen LogP contribution in [0, 0.1) is 5.92 Å². The summed E-state index contributed by atoms with van der Waals surface area (Å²) >= 11 is 0. The predicted molar refractivity (Wildman–Crippen MR) is 75.1 cm³/mol. The van der Waals surface area contributed by atoms with E-state index in [1.807, 2.05) is 0 Å². The number of likely N-dealkylation sites (tertiary alicyclic amines) is 1. The standard InChI is InChI=1S/C9H15NO.C5H11NO3/c1-6(11)9-7-3-4-8(5-7)10(9)2;1-9-5(8)2-4(6)3-7/h7-9H,3-5H2,1-2H3;4,7H,2-3,6H2,1H3/t7-,8+,9?;/m0./s1. The van der Waals surface area contributed by atoms with Gasteiger partial charge in [0.2, 0.25) is 0 Å². The topological polar surface area (TPSA) is 92.9 Å². The second kappa shape index (κ2) is 7.71. The third-order valence-electron chi connectivity index (χ3n) is 4.21. The minimum Gasteiger partial charge on any atom is -0.469 e. The highest BCUT2D eigenvalue weighted by Gasteiger charge is 2.45. The number of rotatable bonds is 4. The Morgan fingerprint density at radius 3 is 2.45 bits per heavy atom. The molecule has 0 amide bonds. The van der Waals surface area contributed by atoms with Gasteiger partial charge < -0.3 is 15.6 Å². The second-order valence-corrected chi connectivity index (χ2v) is 5.67. The summed E-state index contributed by atoms with van der Waals surface area (Å²) in [6, 6.07) is 0.486. The van der Waals surface area contributed by atoms with Crippen molar-refractivity contribution in [3.05, 3.63) is 0 Å². The van der Waals surface area contributed by atoms with E-state index in [2.05, 4.69) is 16.7 Å². The molecule has 1 heterocycles. The quantitative estimate of drug-likeness (QED) is 0.703. The minimum absolute atomic E-state index is 0.0764. The number of ether oxygens (including phenoxy) is 1. The van der Waals surface area contributed by atoms with Crippen molar-refractivity contribution in [2.24, 2.45) is 11.7 Å². The number of Topliss-reactive ketones (excluding diaryl/α,β-unsaturated/α-hetero) is 1. The van der Waals surface area contributed by atoms with E-state index < -0.39 is 12.0 Å². The Balaban J connectivity index is 0.000000206. The molecule has 1 saturated heterocycles. The molecule has 6 heteroatoms. The molecule has 1 aliphatic heterocycles. The van der Waals surface area contributed by atoms with Gasteiger partial charge >= 0.3 is 5.97 Å². The van der Waals surface area contributed by atoms with Gasteiger partial charge in [-0.15, -0.1) is 0 Å². The average Bonchev–Trinajstić information content (AvgIpc) is 2.99. The molecule has 2 rings (SSSR count). The van der Waals surface area contributed by atoms with Crippen molar-refractivity contribution in [1.82, 2.24) is 4.90 Å². The van der Waals surface area contributed by atoms with Crippen LogP contribution in [-0.4, -0.2) is 60.6 Å². The minimum atomic E-state index is -0.488. The van der Waals surface area contributed by atoms with Crippen molar-refractivity contribution in [1.29, 1.82) is 0 Å². The molecular formula is C14H26N2O4. The normalized spacial score (nSPS) is 29.6. The summed E-state index contributed by atoms with van der Waals surface area (Å²) in [6.45, 7) is 1.54. The molecule has 0 spiro atoms. The molecule has 4 atom stereocenters. The van der Waals surface area contributed by atoms with Gasteiger partial charge in [-0.3, -0.25) is 14.5 Å². The number of esters is 1. The maximum Gasteiger partial charge on any atom is 0.307 e. The van der Waals surface area contributed by atoms with Gasteiger partial charge in [0.05, 0.1) is 26.2 Å². The number of fused-ring (bicyclic) bond motifs is 2. The summed E-state index contributed by atoms with van der Waals surface area (Å²) in [7, 11) is 3.38. The van der Waals surface area contributed by atoms with Gasteiger partial charge in [0.1, 0.15) is 5.78 Å². The molecule has 0 aromatic rings. The van der Waals surface area contributed by atoms with E-state index in [1.165, 1.54) is 26.4 Å². The van der Waals surface area contributed by atoms with Crippen molar-refractivity contribution in [3.63, 3.8) is 0 Å². The van der Waals surface area contributed by atoms with Crippen LogP contribution in [0.1, 0.15) is 32.6 Å². The number of likely N-dealkylation sites (N-methyl/N-ethyl adjacent to an activating group) is 1. The zero-order chi connectivity index (χ0) is 15.3. The van der Waals surface area contributed by atoms with Crippen molar-refractivity contribution >= 4 is 11.8 Å². The highest BCUT2D eigenvalue weighted by atomic mass is 16.5. The van der Waals surface area contributed by atoms with Crippen molar-refractivity contribution < 1.29 is 19.4 Å². The fourth-order valence-electron chi connectivity index (χ4n) is 3.19. The van der Waals surface area contributed by atoms with Crippen LogP contribution in [0.2, 0.25) is 0 Å². The monoisotopic (exact) mass is 286 g/mol. The van der Waals surface area contributed by atoms with E-state index in [4.69, 9.17) is 10.8 Å². The molecular weight excluding hydrogens is 260 g/mol. The smallest absolute Gasteiger partial charge is 0.307 e. The van der Waals surface area contributed by atoms with Crippen LogP contribution in [0.15, 0.2) is 0 Å². The molecule has 2 fully saturated rings. The molecule has 116 valence electrons. The number of carbonyl (C=O) groups is 2. The fourth-order valence-corrected chi connectivity index (χ4v) is 3.19. The molecule has 1 aliphatic carbocycles. The lowest BCUT2D eigenvalue weighted by Crippen LogP contribution is -2.41. The number of aliphatic hydroxyl groups excluding tert-OH is 1. The second-order valence-electron chi connectivity index (χ2n) is 5.67. The van der Waals surface area contributed by atoms with Crippen molar-refractivity contribution in [2.75, 3.05) is 20.8 Å². The zero-order valence-corrected chi connectivity index (χ0v) is 12.5. The highest BCUT2D eigenvalue weighted by Crippen LogP contribution is 2.41. The Morgan fingerprint density at radius 1 is 1.45 bits per heavy atom. The average molecular weight is 286 g/mol. The molecule has 0 aromatic heterocycles. The fraction of sp³-hybridized carbons (Fsp3) is 0.857. The summed E-state index contributed by atoms with van der Waals surface area (Å²) in [5.74, 6) is 0.652. The molecule has 1 saturated carbocycles. The van der Waals surface area contributed by atoms with Crippen LogP contribution in [0.5, 0.6) is 0 Å². The third kappa shape index (κ3) is 4.26. The SMILES string of the molecule is CC(=O)C1[C@H]2CC[C@H](C2)N1C.COC(=O)CC(N)CO. The third-order valence-corrected chi connectivity index (χ3v) is 4.21. The van der Waals surface area contributed by atoms with E-state index in [0.29, 0.717) is 17.7 Å². The number of piperidine rings is 1. The number of carbonyl (C=O) groups excluding carboxylic acids is 2. The molecule has 3 N–H and O–H groups in total. The Labute approximate surface area is 120 Å². The molecule has 6 nitrogen and oxygen atoms in total. The van der Waals surface area contributed by atoms with Crippen LogP contribution in [0.3, 0.4) is 0 Å². The number of hydrogen-bond donors (Lipinski definition) is 2. The first-order chi connectivity index (χ1) is 9.40. The number of nitrogens with zero attached hydrogens (tertiary/aromatic N) is 1. The molecule has 0 radical (unpaired) electrons. The van der Waals surface area contributed by atoms with Crippen LogP contribution in [0.4, 0.5) is 0 Å². The predicted octanol–water partition coefficient (Wildman–Crippen LogP) is -0.0728. The van der Waals surface area contributed by atoms with E-state index in [-0.39, 0.29) is 19.1 Å². The van der Waals surface area contributed by atoms with Gasteiger partial charge in [-0.05, 0) is 39.2 Å². The summed E-state index contributed by atoms with van der Waals surface area (Å²) in [5, 5.41) is 8.35. The Kier molecular flexibility index (Phi) is 6.58. The largest absolute Gasteiger partial charge is 0.469 e. The zero-order valence-electron chi connectivity index (χ0n) is 12.5. The van der Waals surface area contributed by atoms with Gasteiger partial charge in [0.25, 0.3) is 0 Å². The first-order valence-corrected chi connectivity index (χ1v) is 7.06. The number of hydrogen-bond acceptors (Lipinski definition) is 6. The molecule has 20 heavy (non-hydrogen) atoms. The van der Waals surface area contributed by atoms with Gasteiger partial charge in [-0.2, -0.15) is 0 Å². The van der Waals surface area contributed by atoms with Crippen molar-refractivity contribution in [2.45, 2.75) is 50.7 Å². The number of ketones is 1. The lowest BCUT2D eigenvalue weighted by Gasteiger charge is -2.29. The van der Waals surface area contributed by atoms with E-state index in [9.17, 15) is 9.59 Å². The first-order valence-electron chi connectivity index (χ1n) is 7.06. The van der Waals surface area contributed by atoms with Gasteiger partial charge in [0, 0.05) is 12.1 Å². The van der Waals surface area contributed by atoms with Gasteiger partial charge in [-0.1, -0.05) is 0 Å². The van der Waals surface area contributed by atoms with Crippen molar-refractivity contribution in [3.8, 4) is 0 Å². The summed E-state index contributed by atoms with van der Waals surface area (Å²) in [5.41, 5.74) is 5.20. The molecule has 2 bridgehead atoms. The number of nitrogens with two attached hydrogens (primary N) is 1. The van der Waals surface area contributed by atoms with Gasteiger partial charge in [0.15, 0.2) is 0 Å². The summed E-state index contributed by atoms with van der Waals surface area (Å²) in [4.78, 5) is 23.8. The summed E-state index contributed by atoms with van der Waals surface area (Å²) < 4.78 is 4.29. The summed E-state index contributed by atoms with van der Waals surface area (Å²) in [6.07, 6.45) is 3.93. The molecule has 0 aromatic carbocycles. The first kappa shape index (κ1) is 17.1. The Hall–Kier alpha value is -0.980. The van der Waals surface area contributed by atoms with Crippen LogP contribution in [-0.2, 0) is 14.3 Å². The number of aliphatic hydroxyl groups is 1. The van der Waals surface area contributed by atoms with E-state index in [1.54, 1.807) is 6.92 Å².